The molecule has 27 heavy (non-hydrogen) atoms. The van der Waals surface area contributed by atoms with E-state index in [0.29, 0.717) is 18.8 Å². The molecule has 5 nitrogen and oxygen atoms in total. The quantitative estimate of drug-likeness (QED) is 0.890. The minimum atomic E-state index is -0.116. The third-order valence-electron chi connectivity index (χ3n) is 5.26. The molecule has 5 heteroatoms. The Morgan fingerprint density at radius 3 is 2.41 bits per heavy atom. The molecular formula is C22H26N2O3. The van der Waals surface area contributed by atoms with Gasteiger partial charge in [0.25, 0.3) is 5.91 Å². The lowest BCUT2D eigenvalue weighted by Crippen LogP contribution is -2.29. The third kappa shape index (κ3) is 4.02. The highest BCUT2D eigenvalue weighted by Crippen LogP contribution is 2.32. The number of anilines is 1. The van der Waals surface area contributed by atoms with Gasteiger partial charge in [-0.2, -0.15) is 0 Å². The van der Waals surface area contributed by atoms with Crippen LogP contribution in [0.2, 0.25) is 0 Å². The Morgan fingerprint density at radius 1 is 0.963 bits per heavy atom. The monoisotopic (exact) mass is 366 g/mol. The van der Waals surface area contributed by atoms with Crippen LogP contribution in [0.15, 0.2) is 42.5 Å². The number of nitrogens with one attached hydrogen (secondary N) is 1. The lowest BCUT2D eigenvalue weighted by molar-refractivity contribution is 0.0939. The first-order valence-corrected chi connectivity index (χ1v) is 9.76. The number of fused-ring (bicyclic) bond motifs is 1. The number of amides is 1. The van der Waals surface area contributed by atoms with Gasteiger partial charge in [0.1, 0.15) is 13.2 Å². The van der Waals surface area contributed by atoms with Crippen LogP contribution in [0.3, 0.4) is 0 Å². The molecule has 1 atom stereocenters. The minimum Gasteiger partial charge on any atom is -0.486 e. The summed E-state index contributed by atoms with van der Waals surface area (Å²) in [6.45, 7) is 5.32. The van der Waals surface area contributed by atoms with Gasteiger partial charge in [0.05, 0.1) is 6.04 Å². The molecule has 142 valence electrons. The fourth-order valence-electron chi connectivity index (χ4n) is 3.67. The van der Waals surface area contributed by atoms with E-state index in [0.717, 1.165) is 30.2 Å². The third-order valence-corrected chi connectivity index (χ3v) is 5.26. The number of benzene rings is 2. The largest absolute Gasteiger partial charge is 0.486 e. The Hall–Kier alpha value is -2.69. The summed E-state index contributed by atoms with van der Waals surface area (Å²) in [5.74, 6) is 1.44. The van der Waals surface area contributed by atoms with Crippen LogP contribution in [-0.2, 0) is 0 Å². The van der Waals surface area contributed by atoms with E-state index in [-0.39, 0.29) is 11.9 Å². The molecule has 0 saturated carbocycles. The molecule has 0 bridgehead atoms. The normalized spacial score (nSPS) is 17.3. The van der Waals surface area contributed by atoms with E-state index in [2.05, 4.69) is 22.3 Å². The minimum absolute atomic E-state index is 0.0671. The van der Waals surface area contributed by atoms with Crippen molar-refractivity contribution in [2.24, 2.45) is 0 Å². The number of hydrogen-bond acceptors (Lipinski definition) is 4. The van der Waals surface area contributed by atoms with Crippen molar-refractivity contribution in [3.8, 4) is 11.5 Å². The standard InChI is InChI=1S/C22H26N2O3/c1-16(18-7-10-20-21(15-18)27-14-13-26-20)23-22(25)17-5-8-19(9-6-17)24-11-3-2-4-12-24/h5-10,15-16H,2-4,11-14H2,1H3,(H,23,25)/t16-/m1/s1. The maximum atomic E-state index is 12.6. The van der Waals surface area contributed by atoms with Crippen LogP contribution in [-0.4, -0.2) is 32.2 Å². The molecule has 0 spiro atoms. The van der Waals surface area contributed by atoms with Crippen molar-refractivity contribution in [3.63, 3.8) is 0 Å². The molecule has 0 radical (unpaired) electrons. The number of hydrogen-bond donors (Lipinski definition) is 1. The summed E-state index contributed by atoms with van der Waals surface area (Å²) in [6.07, 6.45) is 3.80. The Kier molecular flexibility index (Phi) is 5.19. The second kappa shape index (κ2) is 7.91. The van der Waals surface area contributed by atoms with Crippen LogP contribution in [0.5, 0.6) is 11.5 Å². The molecule has 0 aromatic heterocycles. The molecule has 2 aliphatic rings. The average Bonchev–Trinajstić information content (AvgIpc) is 2.74. The van der Waals surface area contributed by atoms with Crippen molar-refractivity contribution >= 4 is 11.6 Å². The summed E-state index contributed by atoms with van der Waals surface area (Å²) >= 11 is 0. The van der Waals surface area contributed by atoms with Gasteiger partial charge in [-0.1, -0.05) is 6.07 Å². The van der Waals surface area contributed by atoms with Crippen molar-refractivity contribution in [1.82, 2.24) is 5.32 Å². The molecule has 4 rings (SSSR count). The number of nitrogens with zero attached hydrogens (tertiary/aromatic N) is 1. The molecule has 2 aromatic carbocycles. The van der Waals surface area contributed by atoms with Crippen LogP contribution < -0.4 is 19.7 Å². The first-order valence-electron chi connectivity index (χ1n) is 9.76. The van der Waals surface area contributed by atoms with Gasteiger partial charge in [-0.3, -0.25) is 4.79 Å². The second-order valence-electron chi connectivity index (χ2n) is 7.19. The first-order chi connectivity index (χ1) is 13.2. The van der Waals surface area contributed by atoms with Gasteiger partial charge < -0.3 is 19.7 Å². The molecular weight excluding hydrogens is 340 g/mol. The summed E-state index contributed by atoms with van der Waals surface area (Å²) in [4.78, 5) is 15.0. The van der Waals surface area contributed by atoms with Gasteiger partial charge in [0.15, 0.2) is 11.5 Å². The van der Waals surface area contributed by atoms with Gasteiger partial charge in [-0.05, 0) is 68.1 Å². The van der Waals surface area contributed by atoms with E-state index < -0.39 is 0 Å². The molecule has 1 saturated heterocycles. The van der Waals surface area contributed by atoms with Gasteiger partial charge >= 0.3 is 0 Å². The number of ether oxygens (including phenoxy) is 2. The van der Waals surface area contributed by atoms with Crippen LogP contribution in [0, 0.1) is 0 Å². The summed E-state index contributed by atoms with van der Waals surface area (Å²) in [6, 6.07) is 13.6. The Bertz CT molecular complexity index is 798. The van der Waals surface area contributed by atoms with Crippen molar-refractivity contribution in [2.75, 3.05) is 31.2 Å². The van der Waals surface area contributed by atoms with Gasteiger partial charge in [0, 0.05) is 24.3 Å². The number of piperidine rings is 1. The molecule has 1 amide bonds. The van der Waals surface area contributed by atoms with Crippen LogP contribution in [0.4, 0.5) is 5.69 Å². The SMILES string of the molecule is C[C@@H](NC(=O)c1ccc(N2CCCCC2)cc1)c1ccc2c(c1)OCCO2. The second-order valence-corrected chi connectivity index (χ2v) is 7.19. The highest BCUT2D eigenvalue weighted by Gasteiger charge is 2.17. The van der Waals surface area contributed by atoms with E-state index in [4.69, 9.17) is 9.47 Å². The van der Waals surface area contributed by atoms with Crippen LogP contribution in [0.25, 0.3) is 0 Å². The lowest BCUT2D eigenvalue weighted by Gasteiger charge is -2.28. The highest BCUT2D eigenvalue weighted by atomic mass is 16.6. The Balaban J connectivity index is 1.40. The van der Waals surface area contributed by atoms with Gasteiger partial charge in [0.2, 0.25) is 0 Å². The van der Waals surface area contributed by atoms with E-state index in [9.17, 15) is 4.79 Å². The van der Waals surface area contributed by atoms with Crippen LogP contribution >= 0.6 is 0 Å². The summed E-state index contributed by atoms with van der Waals surface area (Å²) in [7, 11) is 0. The molecule has 0 aliphatic carbocycles. The molecule has 2 aliphatic heterocycles. The van der Waals surface area contributed by atoms with Crippen molar-refractivity contribution < 1.29 is 14.3 Å². The van der Waals surface area contributed by atoms with Crippen molar-refractivity contribution in [1.29, 1.82) is 0 Å². The zero-order valence-corrected chi connectivity index (χ0v) is 15.7. The summed E-state index contributed by atoms with van der Waals surface area (Å²) in [5, 5.41) is 3.07. The molecule has 1 fully saturated rings. The van der Waals surface area contributed by atoms with Gasteiger partial charge in [-0.15, -0.1) is 0 Å². The number of rotatable bonds is 4. The molecule has 2 heterocycles. The van der Waals surface area contributed by atoms with Crippen molar-refractivity contribution in [3.05, 3.63) is 53.6 Å². The molecule has 2 aromatic rings. The first kappa shape index (κ1) is 17.7. The van der Waals surface area contributed by atoms with Gasteiger partial charge in [-0.25, -0.2) is 0 Å². The van der Waals surface area contributed by atoms with Crippen LogP contribution in [0.1, 0.15) is 48.1 Å². The maximum Gasteiger partial charge on any atom is 0.251 e. The Labute approximate surface area is 160 Å². The fourth-order valence-corrected chi connectivity index (χ4v) is 3.67. The fraction of sp³-hybridized carbons (Fsp3) is 0.409. The zero-order valence-electron chi connectivity index (χ0n) is 15.7. The topological polar surface area (TPSA) is 50.8 Å². The zero-order chi connectivity index (χ0) is 18.6. The maximum absolute atomic E-state index is 12.6. The average molecular weight is 366 g/mol. The summed E-state index contributed by atoms with van der Waals surface area (Å²) in [5.41, 5.74) is 2.88. The highest BCUT2D eigenvalue weighted by molar-refractivity contribution is 5.94. The van der Waals surface area contributed by atoms with E-state index in [1.54, 1.807) is 0 Å². The predicted molar refractivity (Wildman–Crippen MR) is 106 cm³/mol. The van der Waals surface area contributed by atoms with E-state index >= 15 is 0 Å². The summed E-state index contributed by atoms with van der Waals surface area (Å²) < 4.78 is 11.2. The number of carbonyl (C=O) groups is 1. The predicted octanol–water partition coefficient (Wildman–Crippen LogP) is 3.94. The Morgan fingerprint density at radius 2 is 1.67 bits per heavy atom. The molecule has 1 N–H and O–H groups in total. The van der Waals surface area contributed by atoms with E-state index in [1.165, 1.54) is 24.9 Å². The van der Waals surface area contributed by atoms with Crippen molar-refractivity contribution in [2.45, 2.75) is 32.2 Å². The number of carbonyl (C=O) groups excluding carboxylic acids is 1. The lowest BCUT2D eigenvalue weighted by atomic mass is 10.1. The molecule has 0 unspecified atom stereocenters. The smallest absolute Gasteiger partial charge is 0.251 e. The van der Waals surface area contributed by atoms with E-state index in [1.807, 2.05) is 37.3 Å².